The highest BCUT2D eigenvalue weighted by atomic mass is 32.2. The Morgan fingerprint density at radius 1 is 0.912 bits per heavy atom. The van der Waals surface area contributed by atoms with Crippen LogP contribution in [-0.4, -0.2) is 30.1 Å². The van der Waals surface area contributed by atoms with Crippen molar-refractivity contribution in [2.24, 2.45) is 0 Å². The molecule has 4 aromatic rings. The van der Waals surface area contributed by atoms with Gasteiger partial charge in [-0.1, -0.05) is 42.5 Å². The number of sulfone groups is 1. The normalized spacial score (nSPS) is 11.4. The number of aryl methyl sites for hydroxylation is 3. The molecule has 34 heavy (non-hydrogen) atoms. The van der Waals surface area contributed by atoms with Gasteiger partial charge in [0.2, 0.25) is 5.91 Å². The Morgan fingerprint density at radius 2 is 1.59 bits per heavy atom. The van der Waals surface area contributed by atoms with Gasteiger partial charge in [0.05, 0.1) is 15.9 Å². The molecule has 7 nitrogen and oxygen atoms in total. The molecule has 174 valence electrons. The number of anilines is 1. The van der Waals surface area contributed by atoms with E-state index in [1.807, 2.05) is 54.6 Å². The van der Waals surface area contributed by atoms with Crippen LogP contribution < -0.4 is 10.9 Å². The highest BCUT2D eigenvalue weighted by molar-refractivity contribution is 7.90. The quantitative estimate of drug-likeness (QED) is 0.420. The number of para-hydroxylation sites is 2. The summed E-state index contributed by atoms with van der Waals surface area (Å²) in [6, 6.07) is 23.4. The first-order valence-electron chi connectivity index (χ1n) is 10.9. The summed E-state index contributed by atoms with van der Waals surface area (Å²) in [4.78, 5) is 30.4. The number of benzene rings is 3. The monoisotopic (exact) mass is 475 g/mol. The molecule has 0 radical (unpaired) electrons. The van der Waals surface area contributed by atoms with Gasteiger partial charge in [-0.2, -0.15) is 0 Å². The number of aromatic nitrogens is 2. The lowest BCUT2D eigenvalue weighted by molar-refractivity contribution is -0.116. The maximum Gasteiger partial charge on any atom is 0.272 e. The number of rotatable bonds is 8. The molecule has 0 atom stereocenters. The van der Waals surface area contributed by atoms with Crippen LogP contribution >= 0.6 is 0 Å². The van der Waals surface area contributed by atoms with E-state index in [1.54, 1.807) is 16.7 Å². The maximum absolute atomic E-state index is 13.2. The minimum absolute atomic E-state index is 0.0765. The van der Waals surface area contributed by atoms with E-state index >= 15 is 0 Å². The lowest BCUT2D eigenvalue weighted by Gasteiger charge is -2.12. The van der Waals surface area contributed by atoms with Crippen LogP contribution in [0.3, 0.4) is 0 Å². The third-order valence-corrected chi connectivity index (χ3v) is 6.67. The first-order chi connectivity index (χ1) is 16.3. The van der Waals surface area contributed by atoms with Gasteiger partial charge in [-0.25, -0.2) is 13.4 Å². The molecule has 1 amide bonds. The van der Waals surface area contributed by atoms with Gasteiger partial charge >= 0.3 is 0 Å². The molecule has 0 unspecified atom stereocenters. The fourth-order valence-electron chi connectivity index (χ4n) is 3.76. The molecule has 0 aliphatic carbocycles. The highest BCUT2D eigenvalue weighted by Gasteiger charge is 2.13. The fourth-order valence-corrected chi connectivity index (χ4v) is 4.39. The lowest BCUT2D eigenvalue weighted by Crippen LogP contribution is -2.27. The Bertz CT molecular complexity index is 1480. The number of carbonyl (C=O) groups is 1. The van der Waals surface area contributed by atoms with Crippen molar-refractivity contribution < 1.29 is 13.2 Å². The molecule has 0 spiro atoms. The van der Waals surface area contributed by atoms with Gasteiger partial charge in [0.1, 0.15) is 5.69 Å². The van der Waals surface area contributed by atoms with Crippen LogP contribution in [0.2, 0.25) is 0 Å². The molecule has 1 N–H and O–H groups in total. The molecule has 0 fully saturated rings. The number of nitrogens with one attached hydrogen (secondary N) is 1. The van der Waals surface area contributed by atoms with Gasteiger partial charge in [-0.05, 0) is 48.4 Å². The summed E-state index contributed by atoms with van der Waals surface area (Å²) in [5.74, 6) is -0.280. The van der Waals surface area contributed by atoms with Gasteiger partial charge in [0.15, 0.2) is 9.84 Å². The minimum Gasteiger partial charge on any atom is -0.326 e. The van der Waals surface area contributed by atoms with Crippen molar-refractivity contribution in [3.05, 3.63) is 100 Å². The van der Waals surface area contributed by atoms with Crippen LogP contribution in [-0.2, 0) is 34.0 Å². The summed E-state index contributed by atoms with van der Waals surface area (Å²) in [5, 5.41) is 2.74. The second-order valence-electron chi connectivity index (χ2n) is 8.08. The fraction of sp³-hybridized carbons (Fsp3) is 0.192. The van der Waals surface area contributed by atoms with Crippen LogP contribution in [0.4, 0.5) is 5.69 Å². The average molecular weight is 476 g/mol. The van der Waals surface area contributed by atoms with E-state index in [0.717, 1.165) is 17.3 Å². The number of carbonyl (C=O) groups excluding carboxylic acids is 1. The third kappa shape index (κ3) is 5.58. The van der Waals surface area contributed by atoms with Gasteiger partial charge in [0.25, 0.3) is 5.56 Å². The Hall–Kier alpha value is -3.78. The molecular weight excluding hydrogens is 450 g/mol. The standard InChI is InChI=1S/C26H25N3O4S/c1-34(32,33)21-13-11-20(12-14-21)27-25(30)16-15-23-26(31)29(18-17-19-7-3-2-4-8-19)24-10-6-5-9-22(24)28-23/h2-14H,15-18H2,1H3,(H,27,30). The van der Waals surface area contributed by atoms with Crippen molar-refractivity contribution in [1.82, 2.24) is 9.55 Å². The molecule has 0 aliphatic rings. The number of fused-ring (bicyclic) bond motifs is 1. The van der Waals surface area contributed by atoms with Crippen LogP contribution in [0.1, 0.15) is 17.7 Å². The minimum atomic E-state index is -3.30. The van der Waals surface area contributed by atoms with Gasteiger partial charge in [0, 0.05) is 31.3 Å². The zero-order chi connectivity index (χ0) is 24.1. The zero-order valence-corrected chi connectivity index (χ0v) is 19.6. The Labute approximate surface area is 198 Å². The molecule has 4 rings (SSSR count). The van der Waals surface area contributed by atoms with Crippen molar-refractivity contribution >= 4 is 32.5 Å². The van der Waals surface area contributed by atoms with Gasteiger partial charge < -0.3 is 9.88 Å². The summed E-state index contributed by atoms with van der Waals surface area (Å²) in [6.07, 6.45) is 2.11. The summed E-state index contributed by atoms with van der Waals surface area (Å²) in [7, 11) is -3.30. The molecular formula is C26H25N3O4S. The third-order valence-electron chi connectivity index (χ3n) is 5.54. The predicted molar refractivity (Wildman–Crippen MR) is 133 cm³/mol. The Morgan fingerprint density at radius 3 is 2.29 bits per heavy atom. The van der Waals surface area contributed by atoms with E-state index in [9.17, 15) is 18.0 Å². The highest BCUT2D eigenvalue weighted by Crippen LogP contribution is 2.15. The SMILES string of the molecule is CS(=O)(=O)c1ccc(NC(=O)CCc2nc3ccccc3n(CCc3ccccc3)c2=O)cc1. The number of hydrogen-bond acceptors (Lipinski definition) is 5. The summed E-state index contributed by atoms with van der Waals surface area (Å²) in [5.41, 5.74) is 3.25. The number of amides is 1. The molecule has 1 aromatic heterocycles. The molecule has 0 bridgehead atoms. The molecule has 0 saturated heterocycles. The molecule has 8 heteroatoms. The smallest absolute Gasteiger partial charge is 0.272 e. The lowest BCUT2D eigenvalue weighted by atomic mass is 10.1. The van der Waals surface area contributed by atoms with E-state index in [1.165, 1.54) is 12.1 Å². The van der Waals surface area contributed by atoms with E-state index in [0.29, 0.717) is 29.9 Å². The van der Waals surface area contributed by atoms with E-state index in [-0.39, 0.29) is 29.2 Å². The Kier molecular flexibility index (Phi) is 6.88. The number of hydrogen-bond donors (Lipinski definition) is 1. The first-order valence-corrected chi connectivity index (χ1v) is 12.8. The van der Waals surface area contributed by atoms with Crippen LogP contribution in [0.25, 0.3) is 11.0 Å². The topological polar surface area (TPSA) is 98.1 Å². The molecule has 0 aliphatic heterocycles. The molecule has 0 saturated carbocycles. The summed E-state index contributed by atoms with van der Waals surface area (Å²) < 4.78 is 24.9. The van der Waals surface area contributed by atoms with Crippen molar-refractivity contribution in [3.8, 4) is 0 Å². The first kappa shape index (κ1) is 23.4. The second kappa shape index (κ2) is 10.0. The summed E-state index contributed by atoms with van der Waals surface area (Å²) in [6.45, 7) is 0.512. The van der Waals surface area contributed by atoms with Crippen molar-refractivity contribution in [3.63, 3.8) is 0 Å². The van der Waals surface area contributed by atoms with Crippen molar-refractivity contribution in [2.45, 2.75) is 30.7 Å². The predicted octanol–water partition coefficient (Wildman–Crippen LogP) is 3.61. The van der Waals surface area contributed by atoms with Crippen LogP contribution in [0.5, 0.6) is 0 Å². The molecule has 3 aromatic carbocycles. The van der Waals surface area contributed by atoms with Crippen molar-refractivity contribution in [1.29, 1.82) is 0 Å². The summed E-state index contributed by atoms with van der Waals surface area (Å²) >= 11 is 0. The van der Waals surface area contributed by atoms with Crippen LogP contribution in [0.15, 0.2) is 88.6 Å². The Balaban J connectivity index is 1.50. The van der Waals surface area contributed by atoms with Gasteiger partial charge in [-0.15, -0.1) is 0 Å². The largest absolute Gasteiger partial charge is 0.326 e. The molecule has 1 heterocycles. The number of nitrogens with zero attached hydrogens (tertiary/aromatic N) is 2. The van der Waals surface area contributed by atoms with E-state index < -0.39 is 9.84 Å². The second-order valence-corrected chi connectivity index (χ2v) is 10.1. The maximum atomic E-state index is 13.2. The zero-order valence-electron chi connectivity index (χ0n) is 18.8. The van der Waals surface area contributed by atoms with E-state index in [2.05, 4.69) is 10.3 Å². The van der Waals surface area contributed by atoms with Crippen LogP contribution in [0, 0.1) is 0 Å². The van der Waals surface area contributed by atoms with Crippen molar-refractivity contribution in [2.75, 3.05) is 11.6 Å². The van der Waals surface area contributed by atoms with E-state index in [4.69, 9.17) is 0 Å². The van der Waals surface area contributed by atoms with Gasteiger partial charge in [-0.3, -0.25) is 9.59 Å². The average Bonchev–Trinajstić information content (AvgIpc) is 2.83.